The normalized spacial score (nSPS) is 13.1. The van der Waals surface area contributed by atoms with Crippen molar-refractivity contribution < 1.29 is 18.7 Å². The van der Waals surface area contributed by atoms with Crippen LogP contribution in [0.25, 0.3) is 11.1 Å². The molecule has 0 fully saturated rings. The molecule has 0 aliphatic carbocycles. The Labute approximate surface area is 161 Å². The molecule has 28 heavy (non-hydrogen) atoms. The lowest BCUT2D eigenvalue weighted by Crippen LogP contribution is -2.37. The van der Waals surface area contributed by atoms with Gasteiger partial charge in [0, 0.05) is 18.0 Å². The molecule has 3 aromatic rings. The van der Waals surface area contributed by atoms with E-state index in [0.29, 0.717) is 23.9 Å². The van der Waals surface area contributed by atoms with Gasteiger partial charge in [-0.1, -0.05) is 12.1 Å². The fraction of sp³-hybridized carbons (Fsp3) is 0.190. The third-order valence-corrected chi connectivity index (χ3v) is 4.56. The molecule has 142 valence electrons. The first-order valence-electron chi connectivity index (χ1n) is 8.79. The number of hydrogen-bond donors (Lipinski definition) is 0. The second-order valence-corrected chi connectivity index (χ2v) is 6.44. The Kier molecular flexibility index (Phi) is 4.89. The van der Waals surface area contributed by atoms with Gasteiger partial charge in [0.2, 0.25) is 6.86 Å². The molecule has 1 aliphatic rings. The van der Waals surface area contributed by atoms with Gasteiger partial charge in [0.25, 0.3) is 0 Å². The molecule has 2 heterocycles. The minimum atomic E-state index is -0.858. The molecule has 1 aromatic heterocycles. The van der Waals surface area contributed by atoms with Crippen molar-refractivity contribution in [3.63, 3.8) is 0 Å². The molecular formula is C21H18FN3O3. The first-order chi connectivity index (χ1) is 13.6. The van der Waals surface area contributed by atoms with Gasteiger partial charge in [0.05, 0.1) is 13.1 Å². The van der Waals surface area contributed by atoms with Gasteiger partial charge in [-0.05, 0) is 53.9 Å². The highest BCUT2D eigenvalue weighted by Gasteiger charge is 2.26. The highest BCUT2D eigenvalue weighted by atomic mass is 19.1. The highest BCUT2D eigenvalue weighted by Crippen LogP contribution is 2.34. The van der Waals surface area contributed by atoms with Gasteiger partial charge < -0.3 is 9.47 Å². The van der Waals surface area contributed by atoms with Crippen LogP contribution in [0.5, 0.6) is 11.5 Å². The van der Waals surface area contributed by atoms with Crippen LogP contribution in [-0.2, 0) is 13.1 Å². The zero-order valence-corrected chi connectivity index (χ0v) is 15.3. The Balaban J connectivity index is 1.61. The number of ether oxygens (including phenoxy) is 2. The number of amides is 1. The van der Waals surface area contributed by atoms with Crippen LogP contribution in [-0.4, -0.2) is 27.8 Å². The van der Waals surface area contributed by atoms with E-state index in [0.717, 1.165) is 22.3 Å². The van der Waals surface area contributed by atoms with Crippen molar-refractivity contribution in [3.05, 3.63) is 71.8 Å². The number of aryl methyl sites for hydroxylation is 1. The van der Waals surface area contributed by atoms with E-state index in [4.69, 9.17) is 9.47 Å². The third-order valence-electron chi connectivity index (χ3n) is 4.56. The van der Waals surface area contributed by atoms with E-state index in [9.17, 15) is 9.18 Å². The molecule has 0 spiro atoms. The molecule has 0 saturated heterocycles. The summed E-state index contributed by atoms with van der Waals surface area (Å²) in [6, 6.07) is 12.8. The second-order valence-electron chi connectivity index (χ2n) is 6.44. The minimum absolute atomic E-state index is 0.275. The zero-order valence-electron chi connectivity index (χ0n) is 15.3. The Bertz CT molecular complexity index is 994. The molecule has 0 unspecified atom stereocenters. The third kappa shape index (κ3) is 3.64. The predicted molar refractivity (Wildman–Crippen MR) is 101 cm³/mol. The first-order valence-corrected chi connectivity index (χ1v) is 8.79. The molecule has 1 aliphatic heterocycles. The maximum absolute atomic E-state index is 12.3. The monoisotopic (exact) mass is 379 g/mol. The molecule has 7 heteroatoms. The number of rotatable bonds is 5. The first kappa shape index (κ1) is 17.9. The average Bonchev–Trinajstić information content (AvgIpc) is 2.70. The number of alkyl halides is 1. The lowest BCUT2D eigenvalue weighted by atomic mass is 9.96. The summed E-state index contributed by atoms with van der Waals surface area (Å²) in [5.74, 6) is 1.59. The van der Waals surface area contributed by atoms with Crippen molar-refractivity contribution in [2.75, 3.05) is 6.86 Å². The van der Waals surface area contributed by atoms with Gasteiger partial charge >= 0.3 is 6.09 Å². The summed E-state index contributed by atoms with van der Waals surface area (Å²) in [7, 11) is 0. The quantitative estimate of drug-likeness (QED) is 0.662. The SMILES string of the molecule is Cc1cc2c(cc1-c1ccc(OCF)cc1)CN(Cc1ncccn1)C(=O)O2. The van der Waals surface area contributed by atoms with Gasteiger partial charge in [-0.15, -0.1) is 0 Å². The van der Waals surface area contributed by atoms with Crippen molar-refractivity contribution >= 4 is 6.09 Å². The van der Waals surface area contributed by atoms with E-state index in [1.54, 1.807) is 35.5 Å². The topological polar surface area (TPSA) is 64.5 Å². The van der Waals surface area contributed by atoms with E-state index >= 15 is 0 Å². The van der Waals surface area contributed by atoms with E-state index in [-0.39, 0.29) is 6.54 Å². The molecule has 0 bridgehead atoms. The molecule has 0 N–H and O–H groups in total. The minimum Gasteiger partial charge on any atom is -0.463 e. The molecule has 6 nitrogen and oxygen atoms in total. The fourth-order valence-corrected chi connectivity index (χ4v) is 3.18. The fourth-order valence-electron chi connectivity index (χ4n) is 3.18. The van der Waals surface area contributed by atoms with Crippen LogP contribution in [0.4, 0.5) is 9.18 Å². The van der Waals surface area contributed by atoms with Crippen LogP contribution in [0.2, 0.25) is 0 Å². The Morgan fingerprint density at radius 2 is 1.93 bits per heavy atom. The zero-order chi connectivity index (χ0) is 19.5. The van der Waals surface area contributed by atoms with Crippen LogP contribution in [0.15, 0.2) is 54.9 Å². The molecule has 0 saturated carbocycles. The Morgan fingerprint density at radius 3 is 2.64 bits per heavy atom. The van der Waals surface area contributed by atoms with Gasteiger partial charge in [-0.25, -0.2) is 19.2 Å². The van der Waals surface area contributed by atoms with Crippen molar-refractivity contribution in [2.45, 2.75) is 20.0 Å². The number of hydrogen-bond acceptors (Lipinski definition) is 5. The van der Waals surface area contributed by atoms with Gasteiger partial charge in [-0.2, -0.15) is 0 Å². The van der Waals surface area contributed by atoms with Crippen LogP contribution in [0.3, 0.4) is 0 Å². The van der Waals surface area contributed by atoms with Gasteiger partial charge in [0.1, 0.15) is 17.3 Å². The molecule has 2 aromatic carbocycles. The predicted octanol–water partition coefficient (Wildman–Crippen LogP) is 4.27. The van der Waals surface area contributed by atoms with Gasteiger partial charge in [0.15, 0.2) is 0 Å². The number of aromatic nitrogens is 2. The second kappa shape index (κ2) is 7.64. The highest BCUT2D eigenvalue weighted by molar-refractivity contribution is 5.76. The number of nitrogens with zero attached hydrogens (tertiary/aromatic N) is 3. The number of carbonyl (C=O) groups is 1. The van der Waals surface area contributed by atoms with Crippen LogP contribution >= 0.6 is 0 Å². The van der Waals surface area contributed by atoms with Crippen LogP contribution in [0, 0.1) is 6.92 Å². The smallest absolute Gasteiger partial charge is 0.415 e. The molecule has 0 atom stereocenters. The van der Waals surface area contributed by atoms with E-state index in [1.165, 1.54) is 0 Å². The Morgan fingerprint density at radius 1 is 1.18 bits per heavy atom. The summed E-state index contributed by atoms with van der Waals surface area (Å²) in [6.45, 7) is 1.78. The molecule has 0 radical (unpaired) electrons. The van der Waals surface area contributed by atoms with Crippen molar-refractivity contribution in [2.24, 2.45) is 0 Å². The number of fused-ring (bicyclic) bond motifs is 1. The molecule has 4 rings (SSSR count). The summed E-state index contributed by atoms with van der Waals surface area (Å²) in [6.07, 6.45) is 2.87. The molecular weight excluding hydrogens is 361 g/mol. The number of carbonyl (C=O) groups excluding carboxylic acids is 1. The number of benzene rings is 2. The lowest BCUT2D eigenvalue weighted by Gasteiger charge is -2.28. The average molecular weight is 379 g/mol. The van der Waals surface area contributed by atoms with E-state index < -0.39 is 13.0 Å². The van der Waals surface area contributed by atoms with Crippen molar-refractivity contribution in [1.29, 1.82) is 0 Å². The largest absolute Gasteiger partial charge is 0.463 e. The summed E-state index contributed by atoms with van der Waals surface area (Å²) in [4.78, 5) is 22.2. The summed E-state index contributed by atoms with van der Waals surface area (Å²) in [5, 5.41) is 0. The van der Waals surface area contributed by atoms with Crippen LogP contribution < -0.4 is 9.47 Å². The van der Waals surface area contributed by atoms with E-state index in [2.05, 4.69) is 9.97 Å². The molecule has 1 amide bonds. The van der Waals surface area contributed by atoms with Crippen molar-refractivity contribution in [1.82, 2.24) is 14.9 Å². The Hall–Kier alpha value is -3.48. The maximum Gasteiger partial charge on any atom is 0.415 e. The maximum atomic E-state index is 12.3. The van der Waals surface area contributed by atoms with Crippen molar-refractivity contribution in [3.8, 4) is 22.6 Å². The lowest BCUT2D eigenvalue weighted by molar-refractivity contribution is 0.134. The summed E-state index contributed by atoms with van der Waals surface area (Å²) >= 11 is 0. The van der Waals surface area contributed by atoms with E-state index in [1.807, 2.05) is 31.2 Å². The standard InChI is InChI=1S/C21H18FN3O3/c1-14-9-19-16(10-18(14)15-3-5-17(6-4-15)27-13-22)11-25(21(26)28-19)12-20-23-7-2-8-24-20/h2-10H,11-13H2,1H3. The summed E-state index contributed by atoms with van der Waals surface area (Å²) in [5.41, 5.74) is 3.87. The summed E-state index contributed by atoms with van der Waals surface area (Å²) < 4.78 is 22.7. The number of halogens is 1. The van der Waals surface area contributed by atoms with Gasteiger partial charge in [-0.3, -0.25) is 4.90 Å². The van der Waals surface area contributed by atoms with Crippen LogP contribution in [0.1, 0.15) is 17.0 Å².